The molecule has 122 valence electrons. The van der Waals surface area contributed by atoms with Crippen LogP contribution in [0.15, 0.2) is 24.3 Å². The number of carbonyl (C=O) groups is 3. The number of nitro groups is 1. The van der Waals surface area contributed by atoms with Gasteiger partial charge in [0.25, 0.3) is 5.69 Å². The van der Waals surface area contributed by atoms with Crippen molar-refractivity contribution in [2.45, 2.75) is 18.9 Å². The van der Waals surface area contributed by atoms with Crippen LogP contribution in [0.4, 0.5) is 5.69 Å². The van der Waals surface area contributed by atoms with Crippen molar-refractivity contribution >= 4 is 23.6 Å². The topological polar surface area (TPSA) is 144 Å². The van der Waals surface area contributed by atoms with Gasteiger partial charge in [-0.2, -0.15) is 0 Å². The van der Waals surface area contributed by atoms with E-state index in [0.29, 0.717) is 0 Å². The number of aliphatic carboxylic acids is 2. The van der Waals surface area contributed by atoms with E-state index < -0.39 is 40.8 Å². The van der Waals surface area contributed by atoms with Crippen molar-refractivity contribution in [1.29, 1.82) is 0 Å². The fourth-order valence-electron chi connectivity index (χ4n) is 2.57. The van der Waals surface area contributed by atoms with Gasteiger partial charge in [0.05, 0.1) is 22.3 Å². The summed E-state index contributed by atoms with van der Waals surface area (Å²) >= 11 is 0. The van der Waals surface area contributed by atoms with Crippen LogP contribution in [-0.2, 0) is 14.3 Å². The number of esters is 1. The number of rotatable bonds is 5. The number of carboxylic acid groups (broad SMARTS) is 2. The Labute approximate surface area is 129 Å². The van der Waals surface area contributed by atoms with Crippen molar-refractivity contribution in [3.05, 3.63) is 39.9 Å². The smallest absolute Gasteiger partial charge is 0.338 e. The van der Waals surface area contributed by atoms with Gasteiger partial charge in [-0.1, -0.05) is 0 Å². The van der Waals surface area contributed by atoms with Crippen LogP contribution in [0, 0.1) is 22.0 Å². The molecule has 0 radical (unpaired) electrons. The van der Waals surface area contributed by atoms with Crippen LogP contribution in [-0.4, -0.2) is 39.1 Å². The molecule has 0 aliphatic heterocycles. The average molecular weight is 323 g/mol. The first-order valence-corrected chi connectivity index (χ1v) is 6.70. The summed E-state index contributed by atoms with van der Waals surface area (Å²) in [6, 6.07) is 4.73. The van der Waals surface area contributed by atoms with Crippen LogP contribution < -0.4 is 0 Å². The number of nitrogens with zero attached hydrogens (tertiary/aromatic N) is 1. The molecule has 0 spiro atoms. The third-order valence-corrected chi connectivity index (χ3v) is 3.74. The second kappa shape index (κ2) is 6.42. The van der Waals surface area contributed by atoms with E-state index in [4.69, 9.17) is 14.9 Å². The van der Waals surface area contributed by atoms with Crippen molar-refractivity contribution in [1.82, 2.24) is 0 Å². The number of carboxylic acids is 2. The summed E-state index contributed by atoms with van der Waals surface area (Å²) in [5.74, 6) is -5.48. The van der Waals surface area contributed by atoms with Crippen LogP contribution in [0.5, 0.6) is 0 Å². The van der Waals surface area contributed by atoms with Crippen LogP contribution in [0.25, 0.3) is 0 Å². The zero-order valence-electron chi connectivity index (χ0n) is 11.7. The SMILES string of the molecule is O=C(OC1C[C@@H](C(=O)O)[C@H](C(=O)O)C1)c1ccc([N+](=O)[O-])cc1. The van der Waals surface area contributed by atoms with Crippen LogP contribution in [0.3, 0.4) is 0 Å². The van der Waals surface area contributed by atoms with E-state index in [-0.39, 0.29) is 24.1 Å². The highest BCUT2D eigenvalue weighted by Crippen LogP contribution is 2.34. The molecule has 0 amide bonds. The van der Waals surface area contributed by atoms with Crippen molar-refractivity contribution in [3.63, 3.8) is 0 Å². The lowest BCUT2D eigenvalue weighted by atomic mass is 9.97. The maximum Gasteiger partial charge on any atom is 0.338 e. The Hall–Kier alpha value is -2.97. The lowest BCUT2D eigenvalue weighted by Crippen LogP contribution is -2.24. The Bertz CT molecular complexity index is 631. The quantitative estimate of drug-likeness (QED) is 0.469. The second-order valence-electron chi connectivity index (χ2n) is 5.19. The highest BCUT2D eigenvalue weighted by Gasteiger charge is 2.44. The van der Waals surface area contributed by atoms with Crippen molar-refractivity contribution in [2.75, 3.05) is 0 Å². The fourth-order valence-corrected chi connectivity index (χ4v) is 2.57. The minimum atomic E-state index is -1.24. The minimum absolute atomic E-state index is 0.0706. The van der Waals surface area contributed by atoms with Gasteiger partial charge in [-0.05, 0) is 25.0 Å². The zero-order valence-corrected chi connectivity index (χ0v) is 11.7. The fraction of sp³-hybridized carbons (Fsp3) is 0.357. The highest BCUT2D eigenvalue weighted by molar-refractivity contribution is 5.90. The molecule has 1 fully saturated rings. The molecule has 2 N–H and O–H groups in total. The number of hydrogen-bond acceptors (Lipinski definition) is 6. The molecule has 1 saturated carbocycles. The van der Waals surface area contributed by atoms with Gasteiger partial charge in [-0.3, -0.25) is 19.7 Å². The lowest BCUT2D eigenvalue weighted by Gasteiger charge is -2.11. The van der Waals surface area contributed by atoms with E-state index in [1.165, 1.54) is 12.1 Å². The maximum absolute atomic E-state index is 11.9. The van der Waals surface area contributed by atoms with Crippen molar-refractivity contribution in [2.24, 2.45) is 11.8 Å². The van der Waals surface area contributed by atoms with E-state index in [1.54, 1.807) is 0 Å². The minimum Gasteiger partial charge on any atom is -0.481 e. The molecule has 0 heterocycles. The summed E-state index contributed by atoms with van der Waals surface area (Å²) < 4.78 is 5.12. The third-order valence-electron chi connectivity index (χ3n) is 3.74. The largest absolute Gasteiger partial charge is 0.481 e. The zero-order chi connectivity index (χ0) is 17.1. The van der Waals surface area contributed by atoms with Gasteiger partial charge in [0.2, 0.25) is 0 Å². The molecular formula is C14H13NO8. The summed E-state index contributed by atoms with van der Waals surface area (Å²) in [6.07, 6.45) is -0.976. The number of nitro benzene ring substituents is 1. The summed E-state index contributed by atoms with van der Waals surface area (Å²) in [7, 11) is 0. The Morgan fingerprint density at radius 3 is 1.91 bits per heavy atom. The molecular weight excluding hydrogens is 310 g/mol. The highest BCUT2D eigenvalue weighted by atomic mass is 16.6. The maximum atomic E-state index is 11.9. The Morgan fingerprint density at radius 2 is 1.52 bits per heavy atom. The molecule has 1 aromatic carbocycles. The molecule has 0 saturated heterocycles. The molecule has 0 aromatic heterocycles. The van der Waals surface area contributed by atoms with E-state index in [0.717, 1.165) is 12.1 Å². The summed E-state index contributed by atoms with van der Waals surface area (Å²) in [6.45, 7) is 0. The number of benzene rings is 1. The first kappa shape index (κ1) is 16.4. The molecule has 2 rings (SSSR count). The third kappa shape index (κ3) is 3.62. The van der Waals surface area contributed by atoms with Gasteiger partial charge in [0, 0.05) is 12.1 Å². The Morgan fingerprint density at radius 1 is 1.04 bits per heavy atom. The Balaban J connectivity index is 2.04. The van der Waals surface area contributed by atoms with Gasteiger partial charge in [-0.25, -0.2) is 4.79 Å². The lowest BCUT2D eigenvalue weighted by molar-refractivity contribution is -0.384. The molecule has 0 unspecified atom stereocenters. The first-order valence-electron chi connectivity index (χ1n) is 6.70. The van der Waals surface area contributed by atoms with E-state index in [1.807, 2.05) is 0 Å². The van der Waals surface area contributed by atoms with E-state index in [2.05, 4.69) is 0 Å². The second-order valence-corrected chi connectivity index (χ2v) is 5.19. The molecule has 0 bridgehead atoms. The van der Waals surface area contributed by atoms with Gasteiger partial charge in [-0.15, -0.1) is 0 Å². The molecule has 9 nitrogen and oxygen atoms in total. The molecule has 1 aliphatic carbocycles. The molecule has 23 heavy (non-hydrogen) atoms. The molecule has 1 aliphatic rings. The molecule has 2 atom stereocenters. The van der Waals surface area contributed by atoms with Gasteiger partial charge in [0.1, 0.15) is 6.10 Å². The van der Waals surface area contributed by atoms with Crippen LogP contribution in [0.1, 0.15) is 23.2 Å². The van der Waals surface area contributed by atoms with Gasteiger partial charge >= 0.3 is 17.9 Å². The number of carbonyl (C=O) groups excluding carboxylic acids is 1. The Kier molecular flexibility index (Phi) is 4.58. The molecule has 1 aromatic rings. The number of hydrogen-bond donors (Lipinski definition) is 2. The number of non-ortho nitro benzene ring substituents is 1. The predicted molar refractivity (Wildman–Crippen MR) is 73.8 cm³/mol. The molecule has 9 heteroatoms. The van der Waals surface area contributed by atoms with E-state index in [9.17, 15) is 24.5 Å². The van der Waals surface area contributed by atoms with Gasteiger partial charge < -0.3 is 14.9 Å². The average Bonchev–Trinajstić information content (AvgIpc) is 2.91. The normalized spacial score (nSPS) is 20.9. The van der Waals surface area contributed by atoms with Crippen LogP contribution in [0.2, 0.25) is 0 Å². The predicted octanol–water partition coefficient (Wildman–Crippen LogP) is 1.32. The van der Waals surface area contributed by atoms with E-state index >= 15 is 0 Å². The summed E-state index contributed by atoms with van der Waals surface area (Å²) in [4.78, 5) is 44.0. The van der Waals surface area contributed by atoms with Crippen molar-refractivity contribution in [3.8, 4) is 0 Å². The summed E-state index contributed by atoms with van der Waals surface area (Å²) in [5.41, 5.74) is -0.111. The first-order chi connectivity index (χ1) is 10.8. The monoisotopic (exact) mass is 323 g/mol. The van der Waals surface area contributed by atoms with Crippen LogP contribution >= 0.6 is 0 Å². The number of ether oxygens (including phenoxy) is 1. The standard InChI is InChI=1S/C14H13NO8/c16-12(17)10-5-9(6-11(10)13(18)19)23-14(20)7-1-3-8(4-2-7)15(21)22/h1-4,9-11H,5-6H2,(H,16,17)(H,18,19)/t10-,11-/m1/s1. The van der Waals surface area contributed by atoms with Crippen molar-refractivity contribution < 1.29 is 34.3 Å². The summed E-state index contributed by atoms with van der Waals surface area (Å²) in [5, 5.41) is 28.6. The van der Waals surface area contributed by atoms with Gasteiger partial charge in [0.15, 0.2) is 0 Å².